The van der Waals surface area contributed by atoms with E-state index in [1.165, 1.54) is 28.6 Å². The van der Waals surface area contributed by atoms with Crippen molar-refractivity contribution in [1.82, 2.24) is 4.31 Å². The number of nitrogens with one attached hydrogen (secondary N) is 1. The van der Waals surface area contributed by atoms with Gasteiger partial charge in [-0.15, -0.1) is 0 Å². The van der Waals surface area contributed by atoms with Gasteiger partial charge in [0, 0.05) is 24.8 Å². The molecular weight excluding hydrogens is 510 g/mol. The lowest BCUT2D eigenvalue weighted by Gasteiger charge is -2.28. The molecule has 0 aromatic heterocycles. The molecule has 1 amide bonds. The van der Waals surface area contributed by atoms with Crippen molar-refractivity contribution >= 4 is 21.8 Å². The molecule has 0 radical (unpaired) electrons. The molecule has 4 rings (SSSR count). The van der Waals surface area contributed by atoms with Crippen molar-refractivity contribution in [3.05, 3.63) is 60.2 Å². The van der Waals surface area contributed by atoms with E-state index in [4.69, 9.17) is 19.9 Å². The van der Waals surface area contributed by atoms with Crippen molar-refractivity contribution in [1.29, 1.82) is 0 Å². The van der Waals surface area contributed by atoms with Gasteiger partial charge in [0.05, 0.1) is 30.1 Å². The molecule has 4 N–H and O–H groups in total. The molecule has 2 unspecified atom stereocenters. The largest absolute Gasteiger partial charge is 0.443 e. The zero-order chi connectivity index (χ0) is 27.3. The highest BCUT2D eigenvalue weighted by Crippen LogP contribution is 2.33. The number of hydrogen-bond acceptors (Lipinski definition) is 8. The van der Waals surface area contributed by atoms with Crippen LogP contribution in [-0.2, 0) is 30.7 Å². The second-order valence-electron chi connectivity index (χ2n) is 10.3. The number of nitrogens with two attached hydrogens (primary N) is 1. The predicted molar refractivity (Wildman–Crippen MR) is 142 cm³/mol. The number of aliphatic hydroxyl groups excluding tert-OH is 1. The zero-order valence-corrected chi connectivity index (χ0v) is 22.5. The lowest BCUT2D eigenvalue weighted by Crippen LogP contribution is -2.47. The summed E-state index contributed by atoms with van der Waals surface area (Å²) in [4.78, 5) is 12.4. The van der Waals surface area contributed by atoms with E-state index in [1.807, 2.05) is 44.2 Å². The Morgan fingerprint density at radius 2 is 1.84 bits per heavy atom. The number of aliphatic hydroxyl groups is 1. The Balaban J connectivity index is 1.38. The average Bonchev–Trinajstić information content (AvgIpc) is 3.49. The number of ether oxygens (including phenoxy) is 3. The Morgan fingerprint density at radius 3 is 2.53 bits per heavy atom. The molecule has 2 fully saturated rings. The van der Waals surface area contributed by atoms with Crippen LogP contribution in [0, 0.1) is 11.8 Å². The molecule has 0 saturated carbocycles. The molecule has 2 aliphatic rings. The SMILES string of the molecule is CC(C)CN(C[C@@H](O)[C@@H](N)Cc1ccccc1)S(=O)(=O)c1ccc(NC(=O)OC2COC3OCC[C@H]23)cc1. The number of carbonyl (C=O) groups is 1. The van der Waals surface area contributed by atoms with Crippen LogP contribution in [-0.4, -0.2) is 74.8 Å². The molecule has 38 heavy (non-hydrogen) atoms. The number of hydrogen-bond donors (Lipinski definition) is 3. The molecule has 11 heteroatoms. The zero-order valence-electron chi connectivity index (χ0n) is 21.7. The summed E-state index contributed by atoms with van der Waals surface area (Å²) in [5, 5.41) is 13.4. The highest BCUT2D eigenvalue weighted by molar-refractivity contribution is 7.89. The average molecular weight is 548 g/mol. The number of fused-ring (bicyclic) bond motifs is 1. The van der Waals surface area contributed by atoms with Crippen LogP contribution < -0.4 is 11.1 Å². The van der Waals surface area contributed by atoms with Gasteiger partial charge < -0.3 is 25.1 Å². The summed E-state index contributed by atoms with van der Waals surface area (Å²) in [5.41, 5.74) is 7.59. The molecule has 2 aliphatic heterocycles. The predicted octanol–water partition coefficient (Wildman–Crippen LogP) is 2.57. The molecule has 2 aromatic carbocycles. The van der Waals surface area contributed by atoms with Crippen molar-refractivity contribution in [2.75, 3.05) is 31.6 Å². The fourth-order valence-electron chi connectivity index (χ4n) is 4.74. The van der Waals surface area contributed by atoms with Gasteiger partial charge in [0.25, 0.3) is 0 Å². The molecule has 2 aromatic rings. The third-order valence-corrected chi connectivity index (χ3v) is 8.60. The second kappa shape index (κ2) is 12.5. The fraction of sp³-hybridized carbons (Fsp3) is 0.519. The third kappa shape index (κ3) is 7.10. The summed E-state index contributed by atoms with van der Waals surface area (Å²) in [5.74, 6) is 0.0545. The Bertz CT molecular complexity index is 1160. The van der Waals surface area contributed by atoms with E-state index in [9.17, 15) is 18.3 Å². The first-order chi connectivity index (χ1) is 18.1. The molecular formula is C27H37N3O7S. The van der Waals surface area contributed by atoms with Crippen LogP contribution in [0.1, 0.15) is 25.8 Å². The summed E-state index contributed by atoms with van der Waals surface area (Å²) in [6.45, 7) is 4.78. The highest BCUT2D eigenvalue weighted by atomic mass is 32.2. The van der Waals surface area contributed by atoms with Gasteiger partial charge in [-0.1, -0.05) is 44.2 Å². The number of anilines is 1. The third-order valence-electron chi connectivity index (χ3n) is 6.75. The van der Waals surface area contributed by atoms with Gasteiger partial charge in [-0.3, -0.25) is 5.32 Å². The Labute approximate surface area is 224 Å². The Hall–Kier alpha value is -2.54. The molecule has 208 valence electrons. The maximum Gasteiger partial charge on any atom is 0.411 e. The van der Waals surface area contributed by atoms with Crippen LogP contribution >= 0.6 is 0 Å². The van der Waals surface area contributed by atoms with Crippen molar-refractivity contribution in [3.63, 3.8) is 0 Å². The van der Waals surface area contributed by atoms with Crippen molar-refractivity contribution in [2.24, 2.45) is 17.6 Å². The number of nitrogens with zero attached hydrogens (tertiary/aromatic N) is 1. The van der Waals surface area contributed by atoms with E-state index in [-0.39, 0.29) is 48.8 Å². The minimum absolute atomic E-state index is 0.0244. The lowest BCUT2D eigenvalue weighted by molar-refractivity contribution is -0.0907. The van der Waals surface area contributed by atoms with Gasteiger partial charge in [-0.25, -0.2) is 13.2 Å². The van der Waals surface area contributed by atoms with E-state index < -0.39 is 28.3 Å². The first-order valence-electron chi connectivity index (χ1n) is 12.9. The Kier molecular flexibility index (Phi) is 9.40. The summed E-state index contributed by atoms with van der Waals surface area (Å²) in [7, 11) is -3.93. The maximum atomic E-state index is 13.5. The lowest BCUT2D eigenvalue weighted by atomic mass is 10.0. The van der Waals surface area contributed by atoms with Gasteiger partial charge in [0.15, 0.2) is 6.29 Å². The highest BCUT2D eigenvalue weighted by Gasteiger charge is 2.43. The smallest absolute Gasteiger partial charge is 0.411 e. The van der Waals surface area contributed by atoms with Crippen LogP contribution in [0.5, 0.6) is 0 Å². The minimum Gasteiger partial charge on any atom is -0.443 e. The summed E-state index contributed by atoms with van der Waals surface area (Å²) < 4.78 is 44.7. The van der Waals surface area contributed by atoms with Crippen molar-refractivity contribution < 1.29 is 32.5 Å². The Morgan fingerprint density at radius 1 is 1.13 bits per heavy atom. The number of amides is 1. The minimum atomic E-state index is -3.93. The topological polar surface area (TPSA) is 140 Å². The number of carbonyl (C=O) groups excluding carboxylic acids is 1. The summed E-state index contributed by atoms with van der Waals surface area (Å²) >= 11 is 0. The van der Waals surface area contributed by atoms with Crippen molar-refractivity contribution in [2.45, 2.75) is 56.1 Å². The van der Waals surface area contributed by atoms with E-state index in [2.05, 4.69) is 5.32 Å². The van der Waals surface area contributed by atoms with E-state index >= 15 is 0 Å². The molecule has 10 nitrogen and oxygen atoms in total. The second-order valence-corrected chi connectivity index (χ2v) is 12.2. The van der Waals surface area contributed by atoms with Crippen LogP contribution in [0.3, 0.4) is 0 Å². The van der Waals surface area contributed by atoms with Gasteiger partial charge in [-0.2, -0.15) is 4.31 Å². The molecule has 5 atom stereocenters. The van der Waals surface area contributed by atoms with Crippen LogP contribution in [0.2, 0.25) is 0 Å². The quantitative estimate of drug-likeness (QED) is 0.390. The fourth-order valence-corrected chi connectivity index (χ4v) is 6.36. The summed E-state index contributed by atoms with van der Waals surface area (Å²) in [6, 6.07) is 14.8. The van der Waals surface area contributed by atoms with Gasteiger partial charge in [0.2, 0.25) is 10.0 Å². The standard InChI is InChI=1S/C27H37N3O7S/c1-18(2)15-30(16-24(31)23(28)14-19-6-4-3-5-7-19)38(33,34)21-10-8-20(9-11-21)29-27(32)37-25-17-36-26-22(25)12-13-35-26/h3-11,18,22-26,31H,12-17,28H2,1-2H3,(H,29,32)/t22-,23+,24-,25?,26?/m1/s1. The van der Waals surface area contributed by atoms with Gasteiger partial charge >= 0.3 is 6.09 Å². The number of sulfonamides is 1. The number of rotatable bonds is 11. The maximum absolute atomic E-state index is 13.5. The molecule has 0 spiro atoms. The molecule has 0 bridgehead atoms. The molecule has 2 saturated heterocycles. The summed E-state index contributed by atoms with van der Waals surface area (Å²) in [6.07, 6.45) is -1.20. The van der Waals surface area contributed by atoms with E-state index in [0.717, 1.165) is 12.0 Å². The molecule has 0 aliphatic carbocycles. The van der Waals surface area contributed by atoms with Gasteiger partial charge in [-0.05, 0) is 48.6 Å². The monoisotopic (exact) mass is 547 g/mol. The van der Waals surface area contributed by atoms with Crippen molar-refractivity contribution in [3.8, 4) is 0 Å². The first-order valence-corrected chi connectivity index (χ1v) is 14.4. The van der Waals surface area contributed by atoms with Gasteiger partial charge in [0.1, 0.15) is 6.10 Å². The van der Waals surface area contributed by atoms with E-state index in [0.29, 0.717) is 18.7 Å². The van der Waals surface area contributed by atoms with Crippen LogP contribution in [0.25, 0.3) is 0 Å². The first kappa shape index (κ1) is 28.5. The normalized spacial score (nSPS) is 22.8. The molecule has 2 heterocycles. The van der Waals surface area contributed by atoms with E-state index in [1.54, 1.807) is 0 Å². The van der Waals surface area contributed by atoms with Crippen LogP contribution in [0.15, 0.2) is 59.5 Å². The number of benzene rings is 2. The van der Waals surface area contributed by atoms with Crippen LogP contribution in [0.4, 0.5) is 10.5 Å².